The quantitative estimate of drug-likeness (QED) is 0.431. The first kappa shape index (κ1) is 19.7. The van der Waals surface area contributed by atoms with Gasteiger partial charge in [-0.1, -0.05) is 51.2 Å². The van der Waals surface area contributed by atoms with Crippen LogP contribution in [0.4, 0.5) is 0 Å². The Kier molecular flexibility index (Phi) is 19.0. The molecule has 0 saturated carbocycles. The molecule has 0 aliphatic rings. The van der Waals surface area contributed by atoms with Crippen LogP contribution in [0, 0.1) is 35.6 Å². The maximum absolute atomic E-state index is 10.3. The van der Waals surface area contributed by atoms with E-state index in [1.165, 1.54) is 44.9 Å². The van der Waals surface area contributed by atoms with Crippen molar-refractivity contribution in [1.29, 1.82) is 0 Å². The molecular formula is C14H26LaO2. The van der Waals surface area contributed by atoms with Crippen LogP contribution in [0.15, 0.2) is 12.2 Å². The summed E-state index contributed by atoms with van der Waals surface area (Å²) in [5, 5.41) is 8.45. The molecule has 0 aromatic rings. The van der Waals surface area contributed by atoms with Crippen molar-refractivity contribution in [2.24, 2.45) is 0 Å². The molecule has 97 valence electrons. The van der Waals surface area contributed by atoms with Gasteiger partial charge in [0.05, 0.1) is 0 Å². The molecule has 0 unspecified atom stereocenters. The van der Waals surface area contributed by atoms with Crippen molar-refractivity contribution in [2.45, 2.75) is 71.1 Å². The van der Waals surface area contributed by atoms with Crippen LogP contribution in [-0.4, -0.2) is 11.1 Å². The van der Waals surface area contributed by atoms with Crippen LogP contribution in [0.5, 0.6) is 0 Å². The van der Waals surface area contributed by atoms with E-state index in [9.17, 15) is 4.79 Å². The second-order valence-corrected chi connectivity index (χ2v) is 4.31. The molecule has 1 radical (unpaired) electrons. The zero-order valence-electron chi connectivity index (χ0n) is 11.2. The number of carboxylic acid groups (broad SMARTS) is 1. The Morgan fingerprint density at radius 1 is 0.941 bits per heavy atom. The fourth-order valence-corrected chi connectivity index (χ4v) is 1.63. The van der Waals surface area contributed by atoms with Gasteiger partial charge < -0.3 is 5.11 Å². The average Bonchev–Trinajstić information content (AvgIpc) is 2.25. The summed E-state index contributed by atoms with van der Waals surface area (Å²) in [7, 11) is 0. The maximum Gasteiger partial charge on any atom is 0.303 e. The van der Waals surface area contributed by atoms with Crippen LogP contribution in [-0.2, 0) is 4.79 Å². The second-order valence-electron chi connectivity index (χ2n) is 4.31. The Bertz CT molecular complexity index is 191. The molecule has 0 rings (SSSR count). The van der Waals surface area contributed by atoms with Gasteiger partial charge in [0, 0.05) is 42.0 Å². The molecule has 0 atom stereocenters. The zero-order chi connectivity index (χ0) is 12.1. The molecule has 0 aliphatic heterocycles. The fourth-order valence-electron chi connectivity index (χ4n) is 1.63. The maximum atomic E-state index is 10.3. The van der Waals surface area contributed by atoms with Crippen molar-refractivity contribution in [2.75, 3.05) is 0 Å². The van der Waals surface area contributed by atoms with Crippen LogP contribution < -0.4 is 0 Å². The van der Waals surface area contributed by atoms with E-state index in [1.54, 1.807) is 0 Å². The van der Waals surface area contributed by atoms with Crippen LogP contribution in [0.3, 0.4) is 0 Å². The van der Waals surface area contributed by atoms with Gasteiger partial charge in [0.2, 0.25) is 0 Å². The topological polar surface area (TPSA) is 37.3 Å². The van der Waals surface area contributed by atoms with Gasteiger partial charge in [0.25, 0.3) is 0 Å². The third kappa shape index (κ3) is 18.9. The first-order chi connectivity index (χ1) is 7.77. The summed E-state index contributed by atoms with van der Waals surface area (Å²) in [6, 6.07) is 0. The fraction of sp³-hybridized carbons (Fsp3) is 0.786. The van der Waals surface area contributed by atoms with Gasteiger partial charge in [-0.3, -0.25) is 4.79 Å². The van der Waals surface area contributed by atoms with Crippen molar-refractivity contribution in [3.05, 3.63) is 12.2 Å². The SMILES string of the molecule is CCCC/C=C\CCCCCCCC(=O)O.[La]. The minimum Gasteiger partial charge on any atom is -0.481 e. The number of allylic oxidation sites excluding steroid dienone is 2. The minimum absolute atomic E-state index is 0. The van der Waals surface area contributed by atoms with E-state index < -0.39 is 5.97 Å². The molecule has 3 heteroatoms. The molecule has 0 bridgehead atoms. The molecule has 0 heterocycles. The van der Waals surface area contributed by atoms with Crippen molar-refractivity contribution >= 4 is 5.97 Å². The number of aliphatic carboxylic acids is 1. The number of hydrogen-bond donors (Lipinski definition) is 1. The Hall–Kier alpha value is 0.405. The standard InChI is InChI=1S/C14H26O2.La/c1-2-3-4-5-6-7-8-9-10-11-12-13-14(15)16;/h5-6H,2-4,7-13H2,1H3,(H,15,16);/b6-5-;. The van der Waals surface area contributed by atoms with E-state index in [-0.39, 0.29) is 35.6 Å². The van der Waals surface area contributed by atoms with Gasteiger partial charge in [-0.05, 0) is 25.7 Å². The van der Waals surface area contributed by atoms with Crippen molar-refractivity contribution < 1.29 is 45.5 Å². The summed E-state index contributed by atoms with van der Waals surface area (Å²) >= 11 is 0. The largest absolute Gasteiger partial charge is 0.481 e. The molecule has 1 N–H and O–H groups in total. The first-order valence-corrected chi connectivity index (χ1v) is 6.64. The summed E-state index contributed by atoms with van der Waals surface area (Å²) in [6.07, 6.45) is 15.4. The number of carboxylic acids is 1. The summed E-state index contributed by atoms with van der Waals surface area (Å²) in [5.74, 6) is -0.668. The third-order valence-corrected chi connectivity index (χ3v) is 2.65. The molecule has 0 amide bonds. The number of unbranched alkanes of at least 4 members (excludes halogenated alkanes) is 7. The molecule has 2 nitrogen and oxygen atoms in total. The summed E-state index contributed by atoms with van der Waals surface area (Å²) in [4.78, 5) is 10.3. The Morgan fingerprint density at radius 2 is 1.47 bits per heavy atom. The van der Waals surface area contributed by atoms with E-state index in [0.717, 1.165) is 12.8 Å². The molecule has 0 aromatic heterocycles. The van der Waals surface area contributed by atoms with Gasteiger partial charge >= 0.3 is 5.97 Å². The smallest absolute Gasteiger partial charge is 0.303 e. The number of carbonyl (C=O) groups is 1. The van der Waals surface area contributed by atoms with Gasteiger partial charge in [-0.2, -0.15) is 0 Å². The molecule has 0 saturated heterocycles. The Balaban J connectivity index is 0. The van der Waals surface area contributed by atoms with E-state index in [4.69, 9.17) is 5.11 Å². The van der Waals surface area contributed by atoms with Crippen molar-refractivity contribution in [3.63, 3.8) is 0 Å². The van der Waals surface area contributed by atoms with Crippen LogP contribution in [0.1, 0.15) is 71.1 Å². The van der Waals surface area contributed by atoms with Gasteiger partial charge in [-0.15, -0.1) is 0 Å². The van der Waals surface area contributed by atoms with Crippen molar-refractivity contribution in [3.8, 4) is 0 Å². The second kappa shape index (κ2) is 16.4. The molecule has 0 aliphatic carbocycles. The van der Waals surface area contributed by atoms with E-state index in [1.807, 2.05) is 0 Å². The molecular weight excluding hydrogens is 339 g/mol. The number of hydrogen-bond acceptors (Lipinski definition) is 1. The normalized spacial score (nSPS) is 10.4. The molecule has 0 spiro atoms. The Labute approximate surface area is 134 Å². The van der Waals surface area contributed by atoms with Crippen molar-refractivity contribution in [1.82, 2.24) is 0 Å². The predicted octanol–water partition coefficient (Wildman–Crippen LogP) is 4.55. The first-order valence-electron chi connectivity index (χ1n) is 6.64. The molecule has 0 fully saturated rings. The Morgan fingerprint density at radius 3 is 2.06 bits per heavy atom. The van der Waals surface area contributed by atoms with E-state index in [0.29, 0.717) is 6.42 Å². The van der Waals surface area contributed by atoms with E-state index in [2.05, 4.69) is 19.1 Å². The summed E-state index contributed by atoms with van der Waals surface area (Å²) < 4.78 is 0. The van der Waals surface area contributed by atoms with Crippen LogP contribution in [0.25, 0.3) is 0 Å². The zero-order valence-corrected chi connectivity index (χ0v) is 14.8. The average molecular weight is 365 g/mol. The molecule has 17 heavy (non-hydrogen) atoms. The van der Waals surface area contributed by atoms with Gasteiger partial charge in [0.15, 0.2) is 0 Å². The summed E-state index contributed by atoms with van der Waals surface area (Å²) in [5.41, 5.74) is 0. The van der Waals surface area contributed by atoms with Gasteiger partial charge in [-0.25, -0.2) is 0 Å². The third-order valence-electron chi connectivity index (χ3n) is 2.65. The summed E-state index contributed by atoms with van der Waals surface area (Å²) in [6.45, 7) is 2.21. The van der Waals surface area contributed by atoms with E-state index >= 15 is 0 Å². The van der Waals surface area contributed by atoms with Gasteiger partial charge in [0.1, 0.15) is 0 Å². The minimum atomic E-state index is -0.668. The van der Waals surface area contributed by atoms with Crippen LogP contribution >= 0.6 is 0 Å². The number of rotatable bonds is 11. The molecule has 0 aromatic carbocycles. The van der Waals surface area contributed by atoms with Crippen LogP contribution in [0.2, 0.25) is 0 Å². The predicted molar refractivity (Wildman–Crippen MR) is 68.6 cm³/mol. The monoisotopic (exact) mass is 365 g/mol.